The van der Waals surface area contributed by atoms with Crippen molar-refractivity contribution in [1.82, 2.24) is 4.72 Å². The van der Waals surface area contributed by atoms with Crippen molar-refractivity contribution in [3.8, 4) is 0 Å². The monoisotopic (exact) mass is 295 g/mol. The number of halogens is 3. The van der Waals surface area contributed by atoms with Crippen LogP contribution in [0, 0.1) is 0 Å². The fourth-order valence-electron chi connectivity index (χ4n) is 1.61. The maximum absolute atomic E-state index is 11.9. The minimum absolute atomic E-state index is 0.227. The largest absolute Gasteiger partial charge is 0.390 e. The summed E-state index contributed by atoms with van der Waals surface area (Å²) in [6, 6.07) is 8.96. The first-order valence-corrected chi connectivity index (χ1v) is 7.44. The van der Waals surface area contributed by atoms with Crippen LogP contribution in [0.15, 0.2) is 30.3 Å². The second-order valence-electron chi connectivity index (χ2n) is 4.35. The maximum atomic E-state index is 11.9. The van der Waals surface area contributed by atoms with E-state index in [-0.39, 0.29) is 11.7 Å². The van der Waals surface area contributed by atoms with E-state index in [0.717, 1.165) is 5.56 Å². The van der Waals surface area contributed by atoms with Gasteiger partial charge in [0, 0.05) is 6.54 Å². The molecule has 0 spiro atoms. The molecule has 1 atom stereocenters. The van der Waals surface area contributed by atoms with Gasteiger partial charge in [-0.15, -0.1) is 0 Å². The molecule has 1 aromatic carbocycles. The molecule has 0 radical (unpaired) electrons. The second-order valence-corrected chi connectivity index (χ2v) is 6.20. The standard InChI is InChI=1S/C12H16F3NO2S/c1-10(11-5-3-2-4-6-11)9-19(17,18)16-8-7-12(13,14)15/h2-6,10,16H,7-9H2,1H3/t10-/m0/s1. The minimum atomic E-state index is -4.35. The lowest BCUT2D eigenvalue weighted by Gasteiger charge is -2.13. The summed E-state index contributed by atoms with van der Waals surface area (Å²) in [5.74, 6) is -0.501. The Hall–Kier alpha value is -1.08. The van der Waals surface area contributed by atoms with E-state index in [1.807, 2.05) is 10.8 Å². The summed E-state index contributed by atoms with van der Waals surface area (Å²) in [5, 5.41) is 0. The van der Waals surface area contributed by atoms with Gasteiger partial charge in [0.15, 0.2) is 0 Å². The number of sulfonamides is 1. The molecular formula is C12H16F3NO2S. The highest BCUT2D eigenvalue weighted by molar-refractivity contribution is 7.89. The van der Waals surface area contributed by atoms with Crippen molar-refractivity contribution in [2.24, 2.45) is 0 Å². The van der Waals surface area contributed by atoms with E-state index in [9.17, 15) is 21.6 Å². The van der Waals surface area contributed by atoms with Gasteiger partial charge in [-0.2, -0.15) is 13.2 Å². The molecule has 0 aliphatic heterocycles. The van der Waals surface area contributed by atoms with E-state index in [1.165, 1.54) is 0 Å². The number of rotatable bonds is 6. The summed E-state index contributed by atoms with van der Waals surface area (Å²) in [6.07, 6.45) is -5.51. The molecule has 0 amide bonds. The lowest BCUT2D eigenvalue weighted by atomic mass is 10.0. The Bertz CT molecular complexity index is 485. The first-order chi connectivity index (χ1) is 8.70. The third-order valence-corrected chi connectivity index (χ3v) is 4.15. The van der Waals surface area contributed by atoms with Gasteiger partial charge in [-0.05, 0) is 11.5 Å². The smallest absolute Gasteiger partial charge is 0.215 e. The molecule has 0 fully saturated rings. The van der Waals surface area contributed by atoms with Crippen molar-refractivity contribution in [1.29, 1.82) is 0 Å². The highest BCUT2D eigenvalue weighted by Gasteiger charge is 2.27. The van der Waals surface area contributed by atoms with E-state index in [0.29, 0.717) is 0 Å². The average Bonchev–Trinajstić information content (AvgIpc) is 2.27. The van der Waals surface area contributed by atoms with Gasteiger partial charge in [0.05, 0.1) is 12.2 Å². The van der Waals surface area contributed by atoms with Gasteiger partial charge in [-0.1, -0.05) is 37.3 Å². The van der Waals surface area contributed by atoms with Crippen LogP contribution in [0.2, 0.25) is 0 Å². The van der Waals surface area contributed by atoms with Crippen LogP contribution < -0.4 is 4.72 Å². The van der Waals surface area contributed by atoms with E-state index in [4.69, 9.17) is 0 Å². The number of hydrogen-bond donors (Lipinski definition) is 1. The fraction of sp³-hybridized carbons (Fsp3) is 0.500. The quantitative estimate of drug-likeness (QED) is 0.877. The molecule has 0 heterocycles. The average molecular weight is 295 g/mol. The van der Waals surface area contributed by atoms with Gasteiger partial charge >= 0.3 is 6.18 Å². The molecule has 19 heavy (non-hydrogen) atoms. The molecule has 0 aliphatic rings. The van der Waals surface area contributed by atoms with Gasteiger partial charge in [0.25, 0.3) is 0 Å². The Labute approximate surface area is 110 Å². The van der Waals surface area contributed by atoms with E-state index in [2.05, 4.69) is 0 Å². The van der Waals surface area contributed by atoms with Crippen LogP contribution in [0.25, 0.3) is 0 Å². The topological polar surface area (TPSA) is 46.2 Å². The highest BCUT2D eigenvalue weighted by atomic mass is 32.2. The Balaban J connectivity index is 2.51. The number of nitrogens with one attached hydrogen (secondary N) is 1. The Morgan fingerprint density at radius 2 is 1.79 bits per heavy atom. The molecule has 1 rings (SSSR count). The van der Waals surface area contributed by atoms with Crippen molar-refractivity contribution in [2.45, 2.75) is 25.4 Å². The summed E-state index contributed by atoms with van der Waals surface area (Å²) >= 11 is 0. The summed E-state index contributed by atoms with van der Waals surface area (Å²) in [6.45, 7) is 1.10. The van der Waals surface area contributed by atoms with Crippen LogP contribution in [-0.4, -0.2) is 26.9 Å². The molecule has 7 heteroatoms. The first-order valence-electron chi connectivity index (χ1n) is 5.79. The minimum Gasteiger partial charge on any atom is -0.215 e. The number of hydrogen-bond acceptors (Lipinski definition) is 2. The summed E-state index contributed by atoms with van der Waals surface area (Å²) in [4.78, 5) is 0. The summed E-state index contributed by atoms with van der Waals surface area (Å²) in [5.41, 5.74) is 0.837. The van der Waals surface area contributed by atoms with Crippen LogP contribution in [0.4, 0.5) is 13.2 Å². The third kappa shape index (κ3) is 6.58. The Morgan fingerprint density at radius 1 is 1.21 bits per heavy atom. The van der Waals surface area contributed by atoms with Crippen LogP contribution in [0.5, 0.6) is 0 Å². The zero-order chi connectivity index (χ0) is 14.5. The van der Waals surface area contributed by atoms with Gasteiger partial charge in [-0.3, -0.25) is 0 Å². The highest BCUT2D eigenvalue weighted by Crippen LogP contribution is 2.19. The molecule has 0 saturated carbocycles. The van der Waals surface area contributed by atoms with Crippen LogP contribution in [0.1, 0.15) is 24.8 Å². The normalized spacial score (nSPS) is 14.3. The zero-order valence-electron chi connectivity index (χ0n) is 10.4. The van der Waals surface area contributed by atoms with Gasteiger partial charge < -0.3 is 0 Å². The zero-order valence-corrected chi connectivity index (χ0v) is 11.3. The Kier molecular flexibility index (Phi) is 5.37. The van der Waals surface area contributed by atoms with Crippen molar-refractivity contribution in [2.75, 3.05) is 12.3 Å². The molecular weight excluding hydrogens is 279 g/mol. The van der Waals surface area contributed by atoms with Crippen molar-refractivity contribution in [3.63, 3.8) is 0 Å². The third-order valence-electron chi connectivity index (χ3n) is 2.57. The lowest BCUT2D eigenvalue weighted by Crippen LogP contribution is -2.31. The number of benzene rings is 1. The Morgan fingerprint density at radius 3 is 2.32 bits per heavy atom. The van der Waals surface area contributed by atoms with Crippen molar-refractivity contribution in [3.05, 3.63) is 35.9 Å². The summed E-state index contributed by atoms with van der Waals surface area (Å²) < 4.78 is 61.0. The van der Waals surface area contributed by atoms with Crippen LogP contribution >= 0.6 is 0 Å². The molecule has 1 N–H and O–H groups in total. The van der Waals surface area contributed by atoms with Crippen molar-refractivity contribution < 1.29 is 21.6 Å². The van der Waals surface area contributed by atoms with E-state index in [1.54, 1.807) is 31.2 Å². The van der Waals surface area contributed by atoms with Gasteiger partial charge in [0.2, 0.25) is 10.0 Å². The van der Waals surface area contributed by atoms with Crippen molar-refractivity contribution >= 4 is 10.0 Å². The predicted molar refractivity (Wildman–Crippen MR) is 67.3 cm³/mol. The number of alkyl halides is 3. The molecule has 0 saturated heterocycles. The maximum Gasteiger partial charge on any atom is 0.390 e. The molecule has 0 aliphatic carbocycles. The van der Waals surface area contributed by atoms with E-state index >= 15 is 0 Å². The second kappa shape index (κ2) is 6.38. The van der Waals surface area contributed by atoms with Gasteiger partial charge in [-0.25, -0.2) is 13.1 Å². The first kappa shape index (κ1) is 16.0. The van der Waals surface area contributed by atoms with Crippen LogP contribution in [0.3, 0.4) is 0 Å². The summed E-state index contributed by atoms with van der Waals surface area (Å²) in [7, 11) is -3.70. The van der Waals surface area contributed by atoms with Crippen LogP contribution in [-0.2, 0) is 10.0 Å². The molecule has 108 valence electrons. The fourth-order valence-corrected chi connectivity index (χ4v) is 3.00. The molecule has 1 aromatic rings. The van der Waals surface area contributed by atoms with E-state index < -0.39 is 29.2 Å². The SMILES string of the molecule is C[C@@H](CS(=O)(=O)NCCC(F)(F)F)c1ccccc1. The molecule has 0 aromatic heterocycles. The predicted octanol–water partition coefficient (Wildman–Crippen LogP) is 2.66. The van der Waals surface area contributed by atoms with Gasteiger partial charge in [0.1, 0.15) is 0 Å². The molecule has 0 bridgehead atoms. The molecule has 3 nitrogen and oxygen atoms in total. The molecule has 0 unspecified atom stereocenters. The lowest BCUT2D eigenvalue weighted by molar-refractivity contribution is -0.132.